The topological polar surface area (TPSA) is 25.8 Å². The van der Waals surface area contributed by atoms with E-state index in [2.05, 4.69) is 111 Å². The van der Waals surface area contributed by atoms with Gasteiger partial charge in [0, 0.05) is 22.3 Å². The van der Waals surface area contributed by atoms with Crippen LogP contribution in [0.5, 0.6) is 0 Å². The van der Waals surface area contributed by atoms with E-state index < -0.39 is 0 Å². The van der Waals surface area contributed by atoms with Gasteiger partial charge in [0.25, 0.3) is 0 Å². The molecule has 0 aliphatic heterocycles. The maximum absolute atomic E-state index is 5.48. The van der Waals surface area contributed by atoms with E-state index in [0.717, 1.165) is 22.8 Å². The predicted molar refractivity (Wildman–Crippen MR) is 174 cm³/mol. The van der Waals surface area contributed by atoms with Crippen molar-refractivity contribution in [3.8, 4) is 33.9 Å². The quantitative estimate of drug-likeness (QED) is 0.262. The monoisotopic (exact) mass is 532 g/mol. The van der Waals surface area contributed by atoms with Crippen LogP contribution in [0.2, 0.25) is 0 Å². The molecule has 0 fully saturated rings. The third-order valence-corrected chi connectivity index (χ3v) is 10.8. The first-order valence-electron chi connectivity index (χ1n) is 14.6. The Morgan fingerprint density at radius 3 is 0.675 bits per heavy atom. The Balaban J connectivity index is 2.28. The van der Waals surface area contributed by atoms with Gasteiger partial charge in [-0.15, -0.1) is 0 Å². The molecule has 0 aliphatic carbocycles. The third-order valence-electron chi connectivity index (χ3n) is 10.8. The fourth-order valence-corrected chi connectivity index (χ4v) is 6.66. The van der Waals surface area contributed by atoms with Crippen LogP contribution >= 0.6 is 0 Å². The summed E-state index contributed by atoms with van der Waals surface area (Å²) in [5.41, 5.74) is 26.9. The maximum atomic E-state index is 5.48. The summed E-state index contributed by atoms with van der Waals surface area (Å²) in [5, 5.41) is 0. The van der Waals surface area contributed by atoms with Crippen LogP contribution in [0, 0.1) is 111 Å². The van der Waals surface area contributed by atoms with Crippen LogP contribution in [0.1, 0.15) is 89.0 Å². The van der Waals surface area contributed by atoms with Gasteiger partial charge in [-0.05, 0) is 194 Å². The molecule has 40 heavy (non-hydrogen) atoms. The summed E-state index contributed by atoms with van der Waals surface area (Å²) in [4.78, 5) is 11.0. The van der Waals surface area contributed by atoms with Crippen LogP contribution in [-0.2, 0) is 0 Å². The molecule has 1 heterocycles. The van der Waals surface area contributed by atoms with E-state index in [1.807, 2.05) is 0 Å². The molecular weight excluding hydrogens is 484 g/mol. The summed E-state index contributed by atoms with van der Waals surface area (Å²) in [5.74, 6) is 0.834. The molecule has 2 nitrogen and oxygen atoms in total. The standard InChI is InChI=1S/C38H48N2/c1-17-20(4)26(10)33(27(11)21(17)5)36-32(16)37(34-28(12)22(6)18(2)23(7)29(34)13)40-38(39-36)35-30(14)24(8)19(3)25(9)31(35)15/h1-16H3. The van der Waals surface area contributed by atoms with Gasteiger partial charge in [0.2, 0.25) is 0 Å². The molecule has 0 saturated heterocycles. The van der Waals surface area contributed by atoms with Gasteiger partial charge in [-0.2, -0.15) is 0 Å². The molecule has 1 aromatic heterocycles. The summed E-state index contributed by atoms with van der Waals surface area (Å²) in [6, 6.07) is 0. The third kappa shape index (κ3) is 4.23. The average molecular weight is 533 g/mol. The maximum Gasteiger partial charge on any atom is 0.160 e. The first-order chi connectivity index (χ1) is 18.5. The van der Waals surface area contributed by atoms with Crippen molar-refractivity contribution < 1.29 is 0 Å². The van der Waals surface area contributed by atoms with Gasteiger partial charge < -0.3 is 0 Å². The second kappa shape index (κ2) is 10.3. The summed E-state index contributed by atoms with van der Waals surface area (Å²) >= 11 is 0. The lowest BCUT2D eigenvalue weighted by Gasteiger charge is -2.25. The molecule has 0 unspecified atom stereocenters. The highest BCUT2D eigenvalue weighted by atomic mass is 14.9. The minimum atomic E-state index is 0.834. The zero-order valence-electron chi connectivity index (χ0n) is 27.9. The van der Waals surface area contributed by atoms with Crippen LogP contribution in [0.3, 0.4) is 0 Å². The lowest BCUT2D eigenvalue weighted by molar-refractivity contribution is 1.08. The van der Waals surface area contributed by atoms with Crippen molar-refractivity contribution in [3.63, 3.8) is 0 Å². The fraction of sp³-hybridized carbons (Fsp3) is 0.421. The Morgan fingerprint density at radius 1 is 0.225 bits per heavy atom. The molecule has 0 N–H and O–H groups in total. The van der Waals surface area contributed by atoms with Crippen LogP contribution < -0.4 is 0 Å². The second-order valence-corrected chi connectivity index (χ2v) is 12.4. The van der Waals surface area contributed by atoms with Crippen molar-refractivity contribution in [1.82, 2.24) is 9.97 Å². The Hall–Kier alpha value is -3.26. The fourth-order valence-electron chi connectivity index (χ4n) is 6.66. The lowest BCUT2D eigenvalue weighted by Crippen LogP contribution is -2.09. The van der Waals surface area contributed by atoms with Crippen LogP contribution in [-0.4, -0.2) is 9.97 Å². The van der Waals surface area contributed by atoms with Crippen molar-refractivity contribution in [2.24, 2.45) is 0 Å². The van der Waals surface area contributed by atoms with Gasteiger partial charge in [-0.1, -0.05) is 0 Å². The zero-order chi connectivity index (χ0) is 30.1. The molecule has 0 spiro atoms. The average Bonchev–Trinajstić information content (AvgIpc) is 2.92. The van der Waals surface area contributed by atoms with Crippen LogP contribution in [0.15, 0.2) is 0 Å². The Kier molecular flexibility index (Phi) is 7.65. The summed E-state index contributed by atoms with van der Waals surface area (Å²) < 4.78 is 0. The van der Waals surface area contributed by atoms with E-state index in [4.69, 9.17) is 9.97 Å². The van der Waals surface area contributed by atoms with Gasteiger partial charge in [-0.3, -0.25) is 0 Å². The van der Waals surface area contributed by atoms with Crippen molar-refractivity contribution in [2.75, 3.05) is 0 Å². The number of rotatable bonds is 3. The molecule has 0 amide bonds. The highest BCUT2D eigenvalue weighted by Crippen LogP contribution is 2.42. The van der Waals surface area contributed by atoms with Crippen molar-refractivity contribution in [2.45, 2.75) is 111 Å². The number of aromatic nitrogens is 2. The summed E-state index contributed by atoms with van der Waals surface area (Å²) in [7, 11) is 0. The number of nitrogens with zero attached hydrogens (tertiary/aromatic N) is 2. The van der Waals surface area contributed by atoms with Crippen molar-refractivity contribution in [1.29, 1.82) is 0 Å². The molecule has 0 radical (unpaired) electrons. The first-order valence-corrected chi connectivity index (χ1v) is 14.6. The smallest absolute Gasteiger partial charge is 0.160 e. The molecule has 210 valence electrons. The molecular formula is C38H48N2. The molecule has 4 aromatic rings. The minimum absolute atomic E-state index is 0.834. The molecule has 0 aliphatic rings. The van der Waals surface area contributed by atoms with Gasteiger partial charge in [-0.25, -0.2) is 9.97 Å². The highest BCUT2D eigenvalue weighted by molar-refractivity contribution is 5.84. The van der Waals surface area contributed by atoms with E-state index in [1.165, 1.54) is 100 Å². The number of hydrogen-bond donors (Lipinski definition) is 0. The molecule has 2 heteroatoms. The molecule has 0 saturated carbocycles. The van der Waals surface area contributed by atoms with E-state index >= 15 is 0 Å². The predicted octanol–water partition coefficient (Wildman–Crippen LogP) is 10.4. The van der Waals surface area contributed by atoms with E-state index in [1.54, 1.807) is 0 Å². The van der Waals surface area contributed by atoms with Gasteiger partial charge in [0.1, 0.15) is 0 Å². The van der Waals surface area contributed by atoms with Gasteiger partial charge in [0.05, 0.1) is 11.4 Å². The SMILES string of the molecule is Cc1c(-c2c(C)c(C)c(C)c(C)c2C)nc(-c2c(C)c(C)c(C)c(C)c2C)nc1-c1c(C)c(C)c(C)c(C)c1C. The number of benzene rings is 3. The summed E-state index contributed by atoms with van der Waals surface area (Å²) in [6.07, 6.45) is 0. The highest BCUT2D eigenvalue weighted by Gasteiger charge is 2.25. The van der Waals surface area contributed by atoms with Crippen LogP contribution in [0.4, 0.5) is 0 Å². The van der Waals surface area contributed by atoms with Gasteiger partial charge >= 0.3 is 0 Å². The lowest BCUT2D eigenvalue weighted by atomic mass is 9.84. The van der Waals surface area contributed by atoms with Gasteiger partial charge in [0.15, 0.2) is 5.82 Å². The molecule has 3 aromatic carbocycles. The normalized spacial score (nSPS) is 11.5. The minimum Gasteiger partial charge on any atom is -0.228 e. The van der Waals surface area contributed by atoms with E-state index in [9.17, 15) is 0 Å². The second-order valence-electron chi connectivity index (χ2n) is 12.4. The summed E-state index contributed by atoms with van der Waals surface area (Å²) in [6.45, 7) is 35.9. The molecule has 0 atom stereocenters. The first kappa shape index (κ1) is 29.7. The van der Waals surface area contributed by atoms with Crippen molar-refractivity contribution in [3.05, 3.63) is 89.0 Å². The zero-order valence-corrected chi connectivity index (χ0v) is 27.9. The Morgan fingerprint density at radius 2 is 0.425 bits per heavy atom. The Labute approximate surface area is 243 Å². The largest absolute Gasteiger partial charge is 0.228 e. The Bertz CT molecular complexity index is 1550. The molecule has 4 rings (SSSR count). The van der Waals surface area contributed by atoms with E-state index in [-0.39, 0.29) is 0 Å². The van der Waals surface area contributed by atoms with Crippen molar-refractivity contribution >= 4 is 0 Å². The van der Waals surface area contributed by atoms with Crippen LogP contribution in [0.25, 0.3) is 33.9 Å². The molecule has 0 bridgehead atoms. The van der Waals surface area contributed by atoms with E-state index in [0.29, 0.717) is 0 Å². The number of hydrogen-bond acceptors (Lipinski definition) is 2.